The molecule has 1 N–H and O–H groups in total. The molecule has 1 aromatic rings. The Hall–Kier alpha value is -0.580. The van der Waals surface area contributed by atoms with Gasteiger partial charge in [0.1, 0.15) is 5.75 Å². The first-order valence-electron chi connectivity index (χ1n) is 6.44. The molecule has 0 saturated carbocycles. The van der Waals surface area contributed by atoms with Gasteiger partial charge in [-0.3, -0.25) is 4.90 Å². The number of methoxy groups -OCH3 is 1. The largest absolute Gasteiger partial charge is 0.496 e. The second kappa shape index (κ2) is 6.55. The molecule has 4 heteroatoms. The molecule has 0 bridgehead atoms. The monoisotopic (exact) mass is 312 g/mol. The lowest BCUT2D eigenvalue weighted by Crippen LogP contribution is -2.43. The van der Waals surface area contributed by atoms with E-state index in [1.807, 2.05) is 6.07 Å². The van der Waals surface area contributed by atoms with Crippen molar-refractivity contribution in [3.63, 3.8) is 0 Å². The minimum atomic E-state index is 0.652. The number of hydrogen-bond donors (Lipinski definition) is 1. The quantitative estimate of drug-likeness (QED) is 0.925. The van der Waals surface area contributed by atoms with E-state index < -0.39 is 0 Å². The highest BCUT2D eigenvalue weighted by molar-refractivity contribution is 9.10. The van der Waals surface area contributed by atoms with Crippen molar-refractivity contribution in [1.29, 1.82) is 0 Å². The molecule has 1 atom stereocenters. The third-order valence-corrected chi connectivity index (χ3v) is 4.16. The molecular weight excluding hydrogens is 292 g/mol. The van der Waals surface area contributed by atoms with Crippen molar-refractivity contribution >= 4 is 15.9 Å². The Labute approximate surface area is 118 Å². The number of nitrogens with zero attached hydrogens (tertiary/aromatic N) is 1. The van der Waals surface area contributed by atoms with Crippen LogP contribution in [0.15, 0.2) is 22.7 Å². The van der Waals surface area contributed by atoms with Crippen molar-refractivity contribution in [3.8, 4) is 5.75 Å². The van der Waals surface area contributed by atoms with Gasteiger partial charge >= 0.3 is 0 Å². The highest BCUT2D eigenvalue weighted by Gasteiger charge is 2.17. The molecule has 1 unspecified atom stereocenters. The third kappa shape index (κ3) is 3.46. The van der Waals surface area contributed by atoms with Gasteiger partial charge in [0.05, 0.1) is 11.6 Å². The van der Waals surface area contributed by atoms with E-state index in [9.17, 15) is 0 Å². The third-order valence-electron chi connectivity index (χ3n) is 3.54. The second-order valence-electron chi connectivity index (χ2n) is 4.88. The molecule has 100 valence electrons. The number of halogens is 1. The predicted molar refractivity (Wildman–Crippen MR) is 78.1 cm³/mol. The van der Waals surface area contributed by atoms with E-state index in [4.69, 9.17) is 4.74 Å². The summed E-state index contributed by atoms with van der Waals surface area (Å²) < 4.78 is 6.28. The van der Waals surface area contributed by atoms with Gasteiger partial charge in [0.25, 0.3) is 0 Å². The van der Waals surface area contributed by atoms with Gasteiger partial charge in [0.15, 0.2) is 0 Å². The molecule has 0 aromatic heterocycles. The molecule has 3 nitrogen and oxygen atoms in total. The molecule has 18 heavy (non-hydrogen) atoms. The molecule has 0 amide bonds. The van der Waals surface area contributed by atoms with Crippen molar-refractivity contribution in [2.75, 3.05) is 27.2 Å². The molecule has 1 fully saturated rings. The fourth-order valence-corrected chi connectivity index (χ4v) is 3.02. The molecule has 0 radical (unpaired) electrons. The Balaban J connectivity index is 1.97. The fraction of sp³-hybridized carbons (Fsp3) is 0.571. The summed E-state index contributed by atoms with van der Waals surface area (Å²) in [6.07, 6.45) is 2.57. The Bertz CT molecular complexity index is 391. The predicted octanol–water partition coefficient (Wildman–Crippen LogP) is 2.64. The lowest BCUT2D eigenvalue weighted by Gasteiger charge is -2.31. The molecule has 0 aliphatic carbocycles. The number of likely N-dealkylation sites (N-methyl/N-ethyl adjacent to an activating group) is 1. The van der Waals surface area contributed by atoms with Crippen LogP contribution >= 0.6 is 15.9 Å². The molecule has 1 aliphatic heterocycles. The van der Waals surface area contributed by atoms with Gasteiger partial charge in [-0.05, 0) is 60.1 Å². The van der Waals surface area contributed by atoms with Gasteiger partial charge < -0.3 is 10.1 Å². The summed E-state index contributed by atoms with van der Waals surface area (Å²) in [5, 5.41) is 3.46. The average Bonchev–Trinajstić information content (AvgIpc) is 2.40. The van der Waals surface area contributed by atoms with Crippen LogP contribution in [0.25, 0.3) is 0 Å². The van der Waals surface area contributed by atoms with Crippen molar-refractivity contribution in [2.45, 2.75) is 25.4 Å². The van der Waals surface area contributed by atoms with Gasteiger partial charge in [-0.25, -0.2) is 0 Å². The zero-order valence-electron chi connectivity index (χ0n) is 11.1. The molecule has 1 heterocycles. The standard InChI is InChI=1S/C14H21BrN2O/c1-17(12-4-3-7-16-9-12)10-11-5-6-14(18-2)13(15)8-11/h5-6,8,12,16H,3-4,7,9-10H2,1-2H3. The highest BCUT2D eigenvalue weighted by Crippen LogP contribution is 2.26. The van der Waals surface area contributed by atoms with Crippen molar-refractivity contribution < 1.29 is 4.74 Å². The topological polar surface area (TPSA) is 24.5 Å². The number of hydrogen-bond acceptors (Lipinski definition) is 3. The molecular formula is C14H21BrN2O. The van der Waals surface area contributed by atoms with Gasteiger partial charge in [-0.15, -0.1) is 0 Å². The number of piperidine rings is 1. The van der Waals surface area contributed by atoms with E-state index in [1.165, 1.54) is 24.9 Å². The number of nitrogens with one attached hydrogen (secondary N) is 1. The minimum Gasteiger partial charge on any atom is -0.496 e. The zero-order chi connectivity index (χ0) is 13.0. The Kier molecular flexibility index (Phi) is 5.03. The summed E-state index contributed by atoms with van der Waals surface area (Å²) in [5.41, 5.74) is 1.32. The first-order valence-corrected chi connectivity index (χ1v) is 7.23. The average molecular weight is 313 g/mol. The highest BCUT2D eigenvalue weighted by atomic mass is 79.9. The summed E-state index contributed by atoms with van der Waals surface area (Å²) >= 11 is 3.54. The molecule has 2 rings (SSSR count). The summed E-state index contributed by atoms with van der Waals surface area (Å²) in [6, 6.07) is 6.95. The fourth-order valence-electron chi connectivity index (χ4n) is 2.43. The first kappa shape index (κ1) is 13.8. The minimum absolute atomic E-state index is 0.652. The van der Waals surface area contributed by atoms with Crippen LogP contribution < -0.4 is 10.1 Å². The van der Waals surface area contributed by atoms with Crippen molar-refractivity contribution in [1.82, 2.24) is 10.2 Å². The van der Waals surface area contributed by atoms with Gasteiger partial charge in [0, 0.05) is 19.1 Å². The van der Waals surface area contributed by atoms with E-state index in [0.29, 0.717) is 6.04 Å². The van der Waals surface area contributed by atoms with Crippen LogP contribution in [-0.4, -0.2) is 38.2 Å². The Morgan fingerprint density at radius 2 is 2.33 bits per heavy atom. The van der Waals surface area contributed by atoms with E-state index in [2.05, 4.69) is 45.3 Å². The van der Waals surface area contributed by atoms with E-state index in [0.717, 1.165) is 23.3 Å². The van der Waals surface area contributed by atoms with E-state index in [-0.39, 0.29) is 0 Å². The number of benzene rings is 1. The van der Waals surface area contributed by atoms with Crippen LogP contribution in [0.1, 0.15) is 18.4 Å². The van der Waals surface area contributed by atoms with Crippen LogP contribution in [0.5, 0.6) is 5.75 Å². The maximum Gasteiger partial charge on any atom is 0.133 e. The van der Waals surface area contributed by atoms with Crippen LogP contribution in [-0.2, 0) is 6.54 Å². The van der Waals surface area contributed by atoms with E-state index >= 15 is 0 Å². The van der Waals surface area contributed by atoms with Gasteiger partial charge in [-0.2, -0.15) is 0 Å². The Morgan fingerprint density at radius 1 is 1.50 bits per heavy atom. The normalized spacial score (nSPS) is 20.1. The SMILES string of the molecule is COc1ccc(CN(C)C2CCCNC2)cc1Br. The lowest BCUT2D eigenvalue weighted by molar-refractivity contribution is 0.196. The number of rotatable bonds is 4. The molecule has 1 saturated heterocycles. The molecule has 1 aliphatic rings. The van der Waals surface area contributed by atoms with Crippen LogP contribution in [0.2, 0.25) is 0 Å². The van der Waals surface area contributed by atoms with Crippen molar-refractivity contribution in [3.05, 3.63) is 28.2 Å². The lowest BCUT2D eigenvalue weighted by atomic mass is 10.1. The molecule has 1 aromatic carbocycles. The summed E-state index contributed by atoms with van der Waals surface area (Å²) in [6.45, 7) is 3.25. The van der Waals surface area contributed by atoms with Crippen molar-refractivity contribution in [2.24, 2.45) is 0 Å². The summed E-state index contributed by atoms with van der Waals surface area (Å²) in [4.78, 5) is 2.43. The maximum atomic E-state index is 5.25. The van der Waals surface area contributed by atoms with Gasteiger partial charge in [0.2, 0.25) is 0 Å². The van der Waals surface area contributed by atoms with Crippen LogP contribution in [0.3, 0.4) is 0 Å². The Morgan fingerprint density at radius 3 is 2.94 bits per heavy atom. The number of ether oxygens (including phenoxy) is 1. The summed E-state index contributed by atoms with van der Waals surface area (Å²) in [7, 11) is 3.90. The molecule has 0 spiro atoms. The summed E-state index contributed by atoms with van der Waals surface area (Å²) in [5.74, 6) is 0.890. The maximum absolute atomic E-state index is 5.25. The van der Waals surface area contributed by atoms with Crippen LogP contribution in [0, 0.1) is 0 Å². The second-order valence-corrected chi connectivity index (χ2v) is 5.74. The van der Waals surface area contributed by atoms with Gasteiger partial charge in [-0.1, -0.05) is 6.07 Å². The van der Waals surface area contributed by atoms with Crippen LogP contribution in [0.4, 0.5) is 0 Å². The van der Waals surface area contributed by atoms with E-state index in [1.54, 1.807) is 7.11 Å². The zero-order valence-corrected chi connectivity index (χ0v) is 12.7. The smallest absolute Gasteiger partial charge is 0.133 e. The first-order chi connectivity index (χ1) is 8.70.